The summed E-state index contributed by atoms with van der Waals surface area (Å²) in [6.07, 6.45) is 3.61. The molecule has 6 nitrogen and oxygen atoms in total. The van der Waals surface area contributed by atoms with Crippen molar-refractivity contribution in [2.24, 2.45) is 0 Å². The lowest BCUT2D eigenvalue weighted by Gasteiger charge is -2.33. The molecule has 1 aliphatic rings. The van der Waals surface area contributed by atoms with E-state index in [1.807, 2.05) is 24.8 Å². The normalized spacial score (nSPS) is 16.8. The van der Waals surface area contributed by atoms with Gasteiger partial charge >= 0.3 is 0 Å². The molecule has 0 bridgehead atoms. The van der Waals surface area contributed by atoms with Crippen LogP contribution in [0, 0.1) is 19.7 Å². The maximum absolute atomic E-state index is 13.9. The number of likely N-dealkylation sites (tertiary alicyclic amines) is 1. The van der Waals surface area contributed by atoms with Crippen molar-refractivity contribution in [3.05, 3.63) is 65.1 Å². The lowest BCUT2D eigenvalue weighted by molar-refractivity contribution is -0.131. The van der Waals surface area contributed by atoms with Crippen LogP contribution in [0.2, 0.25) is 0 Å². The molecule has 0 N–H and O–H groups in total. The second-order valence-electron chi connectivity index (χ2n) is 7.50. The van der Waals surface area contributed by atoms with Crippen molar-refractivity contribution in [1.29, 1.82) is 0 Å². The number of carbonyl (C=O) groups excluding carboxylic acids is 1. The summed E-state index contributed by atoms with van der Waals surface area (Å²) in [6.45, 7) is 4.93. The zero-order valence-corrected chi connectivity index (χ0v) is 16.6. The van der Waals surface area contributed by atoms with Crippen LogP contribution in [-0.4, -0.2) is 39.0 Å². The summed E-state index contributed by atoms with van der Waals surface area (Å²) < 4.78 is 19.4. The molecule has 0 saturated carbocycles. The number of hydrogen-bond acceptors (Lipinski definition) is 5. The minimum absolute atomic E-state index is 0.0652. The van der Waals surface area contributed by atoms with Gasteiger partial charge in [0.1, 0.15) is 11.6 Å². The van der Waals surface area contributed by atoms with Crippen LogP contribution in [0.25, 0.3) is 11.3 Å². The Kier molecular flexibility index (Phi) is 5.38. The lowest BCUT2D eigenvalue weighted by atomic mass is 9.91. The van der Waals surface area contributed by atoms with Crippen molar-refractivity contribution < 1.29 is 13.7 Å². The van der Waals surface area contributed by atoms with E-state index in [1.165, 1.54) is 6.07 Å². The van der Waals surface area contributed by atoms with Gasteiger partial charge in [-0.25, -0.2) is 14.4 Å². The maximum Gasteiger partial charge on any atom is 0.227 e. The molecule has 3 heterocycles. The zero-order valence-electron chi connectivity index (χ0n) is 16.6. The molecular weight excluding hydrogens is 371 g/mol. The Balaban J connectivity index is 1.56. The number of nitrogens with zero attached hydrogens (tertiary/aromatic N) is 4. The fourth-order valence-corrected chi connectivity index (χ4v) is 3.82. The summed E-state index contributed by atoms with van der Waals surface area (Å²) in [7, 11) is 0. The van der Waals surface area contributed by atoms with Crippen LogP contribution in [0.1, 0.15) is 41.5 Å². The molecule has 7 heteroatoms. The van der Waals surface area contributed by atoms with E-state index in [4.69, 9.17) is 4.52 Å². The number of halogens is 1. The third-order valence-electron chi connectivity index (χ3n) is 5.29. The van der Waals surface area contributed by atoms with E-state index in [0.717, 1.165) is 29.8 Å². The fourth-order valence-electron chi connectivity index (χ4n) is 3.82. The smallest absolute Gasteiger partial charge is 0.227 e. The van der Waals surface area contributed by atoms with Gasteiger partial charge in [-0.3, -0.25) is 4.79 Å². The number of aryl methyl sites for hydroxylation is 2. The first-order valence-electron chi connectivity index (χ1n) is 9.79. The Labute approximate surface area is 168 Å². The van der Waals surface area contributed by atoms with Crippen LogP contribution < -0.4 is 0 Å². The van der Waals surface area contributed by atoms with Crippen molar-refractivity contribution >= 4 is 5.91 Å². The molecule has 0 aliphatic carbocycles. The lowest BCUT2D eigenvalue weighted by Crippen LogP contribution is -2.40. The molecule has 1 atom stereocenters. The van der Waals surface area contributed by atoms with Gasteiger partial charge in [-0.05, 0) is 38.3 Å². The van der Waals surface area contributed by atoms with Gasteiger partial charge in [0, 0.05) is 31.3 Å². The molecule has 2 aromatic heterocycles. The van der Waals surface area contributed by atoms with E-state index in [2.05, 4.69) is 15.1 Å². The van der Waals surface area contributed by atoms with Crippen molar-refractivity contribution in [1.82, 2.24) is 20.0 Å². The average molecular weight is 394 g/mol. The summed E-state index contributed by atoms with van der Waals surface area (Å²) >= 11 is 0. The Bertz CT molecular complexity index is 1030. The highest BCUT2D eigenvalue weighted by Crippen LogP contribution is 2.33. The molecule has 29 heavy (non-hydrogen) atoms. The van der Waals surface area contributed by atoms with Gasteiger partial charge in [-0.2, -0.15) is 0 Å². The van der Waals surface area contributed by atoms with E-state index in [0.29, 0.717) is 30.2 Å². The Hall–Kier alpha value is -3.09. The van der Waals surface area contributed by atoms with Crippen molar-refractivity contribution in [2.75, 3.05) is 13.1 Å². The van der Waals surface area contributed by atoms with Gasteiger partial charge in [0.25, 0.3) is 0 Å². The molecule has 1 amide bonds. The molecule has 4 rings (SSSR count). The summed E-state index contributed by atoms with van der Waals surface area (Å²) in [5.74, 6) is 0.962. The van der Waals surface area contributed by atoms with Crippen LogP contribution in [0.5, 0.6) is 0 Å². The summed E-state index contributed by atoms with van der Waals surface area (Å²) in [5.41, 5.74) is 2.90. The van der Waals surface area contributed by atoms with Crippen LogP contribution in [0.4, 0.5) is 4.39 Å². The van der Waals surface area contributed by atoms with Gasteiger partial charge in [-0.15, -0.1) is 0 Å². The van der Waals surface area contributed by atoms with Crippen LogP contribution in [-0.2, 0) is 11.2 Å². The van der Waals surface area contributed by atoms with E-state index in [-0.39, 0.29) is 24.1 Å². The molecule has 0 unspecified atom stereocenters. The number of benzene rings is 1. The molecule has 0 radical (unpaired) electrons. The quantitative estimate of drug-likeness (QED) is 0.672. The molecule has 1 aromatic carbocycles. The number of rotatable bonds is 4. The molecule has 1 saturated heterocycles. The monoisotopic (exact) mass is 394 g/mol. The van der Waals surface area contributed by atoms with E-state index >= 15 is 0 Å². The highest BCUT2D eigenvalue weighted by atomic mass is 19.1. The minimum Gasteiger partial charge on any atom is -0.356 e. The molecule has 150 valence electrons. The summed E-state index contributed by atoms with van der Waals surface area (Å²) in [4.78, 5) is 23.6. The van der Waals surface area contributed by atoms with Crippen molar-refractivity contribution in [3.8, 4) is 11.3 Å². The summed E-state index contributed by atoms with van der Waals surface area (Å²) in [6, 6.07) is 8.29. The fraction of sp³-hybridized carbons (Fsp3) is 0.364. The van der Waals surface area contributed by atoms with E-state index in [9.17, 15) is 9.18 Å². The Morgan fingerprint density at radius 2 is 2.14 bits per heavy atom. The third kappa shape index (κ3) is 4.18. The first-order valence-corrected chi connectivity index (χ1v) is 9.79. The number of carbonyl (C=O) groups is 1. The Morgan fingerprint density at radius 3 is 2.90 bits per heavy atom. The highest BCUT2D eigenvalue weighted by molar-refractivity contribution is 5.79. The number of aromatic nitrogens is 3. The molecule has 1 fully saturated rings. The number of hydrogen-bond donors (Lipinski definition) is 0. The SMILES string of the molecule is Cc1cc(-c2cnc(C)nc2[C@@H]2CCCN(C(=O)Cc3ccccc3F)C2)on1. The summed E-state index contributed by atoms with van der Waals surface area (Å²) in [5, 5.41) is 3.97. The molecule has 1 aliphatic heterocycles. The number of piperidine rings is 1. The maximum atomic E-state index is 13.9. The van der Waals surface area contributed by atoms with Crippen LogP contribution in [0.15, 0.2) is 41.1 Å². The first-order chi connectivity index (χ1) is 14.0. The minimum atomic E-state index is -0.344. The van der Waals surface area contributed by atoms with Crippen molar-refractivity contribution in [2.45, 2.75) is 39.0 Å². The Morgan fingerprint density at radius 1 is 1.31 bits per heavy atom. The molecule has 3 aromatic rings. The topological polar surface area (TPSA) is 72.1 Å². The number of amides is 1. The molecule has 0 spiro atoms. The molecular formula is C22H23FN4O2. The standard InChI is InChI=1S/C22H23FN4O2/c1-14-10-20(29-26-14)18-12-24-15(2)25-22(18)17-7-5-9-27(13-17)21(28)11-16-6-3-4-8-19(16)23/h3-4,6,8,10,12,17H,5,7,9,11,13H2,1-2H3/t17-/m1/s1. The highest BCUT2D eigenvalue weighted by Gasteiger charge is 2.29. The van der Waals surface area contributed by atoms with E-state index < -0.39 is 0 Å². The van der Waals surface area contributed by atoms with Gasteiger partial charge in [-0.1, -0.05) is 23.4 Å². The third-order valence-corrected chi connectivity index (χ3v) is 5.29. The van der Waals surface area contributed by atoms with Gasteiger partial charge in [0.2, 0.25) is 5.91 Å². The van der Waals surface area contributed by atoms with Crippen LogP contribution in [0.3, 0.4) is 0 Å². The van der Waals surface area contributed by atoms with Crippen LogP contribution >= 0.6 is 0 Å². The largest absolute Gasteiger partial charge is 0.356 e. The predicted molar refractivity (Wildman–Crippen MR) is 106 cm³/mol. The second-order valence-corrected chi connectivity index (χ2v) is 7.50. The van der Waals surface area contributed by atoms with Crippen molar-refractivity contribution in [3.63, 3.8) is 0 Å². The van der Waals surface area contributed by atoms with Gasteiger partial charge < -0.3 is 9.42 Å². The zero-order chi connectivity index (χ0) is 20.4. The average Bonchev–Trinajstić information content (AvgIpc) is 3.16. The second kappa shape index (κ2) is 8.11. The van der Waals surface area contributed by atoms with Gasteiger partial charge in [0.05, 0.1) is 23.4 Å². The van der Waals surface area contributed by atoms with E-state index in [1.54, 1.807) is 24.4 Å². The van der Waals surface area contributed by atoms with Gasteiger partial charge in [0.15, 0.2) is 5.76 Å². The predicted octanol–water partition coefficient (Wildman–Crippen LogP) is 3.84. The first kappa shape index (κ1) is 19.2.